The molecule has 0 saturated heterocycles. The van der Waals surface area contributed by atoms with Crippen LogP contribution in [0.15, 0.2) is 4.52 Å². The van der Waals surface area contributed by atoms with E-state index in [0.717, 1.165) is 0 Å². The van der Waals surface area contributed by atoms with Crippen LogP contribution in [-0.4, -0.2) is 21.9 Å². The van der Waals surface area contributed by atoms with Gasteiger partial charge in [-0.1, -0.05) is 0 Å². The van der Waals surface area contributed by atoms with Crippen LogP contribution in [0, 0.1) is 0 Å². The first-order valence-corrected chi connectivity index (χ1v) is 7.31. The van der Waals surface area contributed by atoms with Gasteiger partial charge in [-0.15, -0.1) is 8.96 Å². The van der Waals surface area contributed by atoms with Crippen LogP contribution >= 0.6 is 24.8 Å². The van der Waals surface area contributed by atoms with Crippen molar-refractivity contribution < 1.29 is 43.6 Å². The first-order valence-electron chi connectivity index (χ1n) is 3.53. The number of hydrogen-bond donors (Lipinski definition) is 0. The first kappa shape index (κ1) is 16.4. The molecule has 0 aliphatic carbocycles. The van der Waals surface area contributed by atoms with Crippen LogP contribution in [0.25, 0.3) is 0 Å². The monoisotopic (exact) mass is 347 g/mol. The second kappa shape index (κ2) is 5.38. The number of alkyl halides is 4. The molecule has 0 saturated carbocycles. The zero-order valence-electron chi connectivity index (χ0n) is 7.57. The van der Waals surface area contributed by atoms with Gasteiger partial charge in [0.25, 0.3) is 0 Å². The largest absolute Gasteiger partial charge is 0.423 e. The summed E-state index contributed by atoms with van der Waals surface area (Å²) in [6, 6.07) is 0. The summed E-state index contributed by atoms with van der Waals surface area (Å²) < 4.78 is 113. The molecule has 16 heteroatoms. The van der Waals surface area contributed by atoms with Crippen molar-refractivity contribution in [1.29, 1.82) is 0 Å². The summed E-state index contributed by atoms with van der Waals surface area (Å²) in [7, 11) is -14.8. The van der Waals surface area contributed by atoms with Gasteiger partial charge < -0.3 is 0 Å². The second-order valence-electron chi connectivity index (χ2n) is 2.48. The summed E-state index contributed by atoms with van der Waals surface area (Å²) in [5.41, 5.74) is 0. The fourth-order valence-corrected chi connectivity index (χ4v) is 5.18. The minimum atomic E-state index is -6.19. The molecule has 3 atom stereocenters. The third-order valence-electron chi connectivity index (χ3n) is 1.29. The van der Waals surface area contributed by atoms with E-state index in [1.165, 1.54) is 0 Å². The van der Waals surface area contributed by atoms with Gasteiger partial charge in [-0.2, -0.15) is 25.9 Å². The Balaban J connectivity index is 3.08. The number of halogens is 9. The van der Waals surface area contributed by atoms with Gasteiger partial charge in [-0.25, -0.2) is 13.3 Å². The predicted octanol–water partition coefficient (Wildman–Crippen LogP) is 5.56. The third kappa shape index (κ3) is 3.08. The van der Waals surface area contributed by atoms with E-state index in [-0.39, 0.29) is 0 Å². The fourth-order valence-electron chi connectivity index (χ4n) is 0.617. The van der Waals surface area contributed by atoms with Gasteiger partial charge in [0, 0.05) is 4.66 Å². The van der Waals surface area contributed by atoms with Gasteiger partial charge in [0.15, 0.2) is 0 Å². The third-order valence-corrected chi connectivity index (χ3v) is 6.45. The zero-order chi connectivity index (χ0) is 14.3. The van der Waals surface area contributed by atoms with E-state index in [1.54, 1.807) is 0 Å². The highest BCUT2D eigenvalue weighted by Gasteiger charge is 2.57. The van der Waals surface area contributed by atoms with Crippen molar-refractivity contribution in [2.75, 3.05) is 0 Å². The SMILES string of the molecule is FC(F)C(F)(F)OP1(F)=NP(F)N(F)P(F)N1F. The normalized spacial score (nSPS) is 35.9. The van der Waals surface area contributed by atoms with Crippen LogP contribution in [0.2, 0.25) is 0 Å². The maximum atomic E-state index is 13.3. The van der Waals surface area contributed by atoms with Crippen molar-refractivity contribution in [2.24, 2.45) is 4.52 Å². The van der Waals surface area contributed by atoms with Crippen LogP contribution in [0.4, 0.5) is 39.1 Å². The fraction of sp³-hybridized carbons (Fsp3) is 1.00. The minimum absolute atomic E-state index is 1.48. The maximum Gasteiger partial charge on any atom is 0.423 e. The van der Waals surface area contributed by atoms with Crippen molar-refractivity contribution in [2.45, 2.75) is 12.5 Å². The summed E-state index contributed by atoms with van der Waals surface area (Å²) in [4.78, 5) is 0. The number of nitrogens with zero attached hydrogens (tertiary/aromatic N) is 3. The van der Waals surface area contributed by atoms with Gasteiger partial charge in [0.2, 0.25) is 0 Å². The Kier molecular flexibility index (Phi) is 4.90. The molecule has 0 aromatic carbocycles. The molecule has 0 amide bonds. The van der Waals surface area contributed by atoms with E-state index in [1.807, 2.05) is 4.52 Å². The zero-order valence-corrected chi connectivity index (χ0v) is 10.3. The van der Waals surface area contributed by atoms with Gasteiger partial charge >= 0.3 is 37.3 Å². The molecular weight excluding hydrogens is 346 g/mol. The Morgan fingerprint density at radius 1 is 1.22 bits per heavy atom. The molecule has 18 heavy (non-hydrogen) atoms. The first-order chi connectivity index (χ1) is 8.01. The molecule has 0 fully saturated rings. The Labute approximate surface area is 95.8 Å². The molecule has 4 nitrogen and oxygen atoms in total. The highest BCUT2D eigenvalue weighted by molar-refractivity contribution is 7.77. The Morgan fingerprint density at radius 3 is 2.17 bits per heavy atom. The van der Waals surface area contributed by atoms with E-state index in [9.17, 15) is 39.1 Å². The predicted molar refractivity (Wildman–Crippen MR) is 44.4 cm³/mol. The van der Waals surface area contributed by atoms with Gasteiger partial charge in [-0.3, -0.25) is 0 Å². The van der Waals surface area contributed by atoms with Crippen molar-refractivity contribution >= 4 is 24.8 Å². The van der Waals surface area contributed by atoms with Crippen molar-refractivity contribution in [3.8, 4) is 0 Å². The lowest BCUT2D eigenvalue weighted by Gasteiger charge is -2.31. The standard InChI is InChI=1S/C2HF9N3OP3/c3-1(4)2(5,6)15-18(11)12-16(9)13(7)17(10)14(18)8/h1H. The van der Waals surface area contributed by atoms with Gasteiger partial charge in [0.1, 0.15) is 0 Å². The molecule has 0 aromatic rings. The average Bonchev–Trinajstić information content (AvgIpc) is 2.23. The van der Waals surface area contributed by atoms with E-state index in [4.69, 9.17) is 0 Å². The van der Waals surface area contributed by atoms with Crippen LogP contribution in [0.3, 0.4) is 0 Å². The molecule has 1 aliphatic heterocycles. The van der Waals surface area contributed by atoms with Crippen molar-refractivity contribution in [3.63, 3.8) is 0 Å². The smallest absolute Gasteiger partial charge is 0.236 e. The molecule has 0 spiro atoms. The summed E-state index contributed by atoms with van der Waals surface area (Å²) in [5.74, 6) is 0. The van der Waals surface area contributed by atoms with E-state index >= 15 is 0 Å². The lowest BCUT2D eigenvalue weighted by atomic mass is 10.7. The molecule has 0 aromatic heterocycles. The lowest BCUT2D eigenvalue weighted by molar-refractivity contribution is -0.255. The molecular formula is C2HF9N3OP3. The Morgan fingerprint density at radius 2 is 1.72 bits per heavy atom. The van der Waals surface area contributed by atoms with Crippen molar-refractivity contribution in [3.05, 3.63) is 0 Å². The Hall–Kier alpha value is 0.340. The van der Waals surface area contributed by atoms with Crippen molar-refractivity contribution in [1.82, 2.24) is 9.33 Å². The van der Waals surface area contributed by atoms with Crippen LogP contribution in [-0.2, 0) is 4.52 Å². The Bertz CT molecular complexity index is 367. The van der Waals surface area contributed by atoms with E-state index in [0.29, 0.717) is 0 Å². The quantitative estimate of drug-likeness (QED) is 0.380. The second-order valence-corrected chi connectivity index (χ2v) is 7.32. The van der Waals surface area contributed by atoms with Gasteiger partial charge in [0.05, 0.1) is 0 Å². The number of rotatable bonds is 3. The minimum Gasteiger partial charge on any atom is -0.236 e. The number of hydrogen-bond acceptors (Lipinski definition) is 4. The molecule has 1 rings (SSSR count). The van der Waals surface area contributed by atoms with Crippen LogP contribution < -0.4 is 0 Å². The molecule has 1 heterocycles. The maximum absolute atomic E-state index is 13.3. The van der Waals surface area contributed by atoms with Crippen LogP contribution in [0.1, 0.15) is 0 Å². The molecule has 0 N–H and O–H groups in total. The topological polar surface area (TPSA) is 28.1 Å². The summed E-state index contributed by atoms with van der Waals surface area (Å²) in [6.07, 6.45) is -10.1. The average molecular weight is 347 g/mol. The molecule has 3 unspecified atom stereocenters. The lowest BCUT2D eigenvalue weighted by Crippen LogP contribution is -2.30. The molecule has 108 valence electrons. The summed E-state index contributed by atoms with van der Waals surface area (Å²) in [5, 5.41) is 0. The molecule has 1 aliphatic rings. The highest BCUT2D eigenvalue weighted by atomic mass is 31.3. The highest BCUT2D eigenvalue weighted by Crippen LogP contribution is 2.81. The summed E-state index contributed by atoms with van der Waals surface area (Å²) >= 11 is 0. The summed E-state index contributed by atoms with van der Waals surface area (Å²) in [6.45, 7) is 0. The van der Waals surface area contributed by atoms with Gasteiger partial charge in [-0.05, 0) is 4.66 Å². The van der Waals surface area contributed by atoms with Crippen LogP contribution in [0.5, 0.6) is 0 Å². The van der Waals surface area contributed by atoms with E-state index < -0.39 is 46.7 Å². The molecule has 0 bridgehead atoms. The molecule has 0 radical (unpaired) electrons. The van der Waals surface area contributed by atoms with E-state index in [2.05, 4.69) is 4.52 Å².